The Balaban J connectivity index is 2.05. The predicted molar refractivity (Wildman–Crippen MR) is 68.8 cm³/mol. The Hall–Kier alpha value is -1.25. The van der Waals surface area contributed by atoms with Crippen LogP contribution in [-0.4, -0.2) is 16.0 Å². The average molecular weight is 234 g/mol. The Morgan fingerprint density at radius 3 is 2.88 bits per heavy atom. The zero-order chi connectivity index (χ0) is 12.3. The van der Waals surface area contributed by atoms with E-state index in [9.17, 15) is 4.79 Å². The molecule has 1 amide bonds. The van der Waals surface area contributed by atoms with Gasteiger partial charge in [-0.05, 0) is 37.3 Å². The SMILES string of the molecule is CCCn1ccc(CC2(CC)CCC(=O)N2)c1. The topological polar surface area (TPSA) is 34.0 Å². The summed E-state index contributed by atoms with van der Waals surface area (Å²) in [6, 6.07) is 2.18. The molecule has 0 aromatic carbocycles. The highest BCUT2D eigenvalue weighted by atomic mass is 16.2. The van der Waals surface area contributed by atoms with Crippen molar-refractivity contribution in [2.75, 3.05) is 0 Å². The van der Waals surface area contributed by atoms with Gasteiger partial charge < -0.3 is 9.88 Å². The molecule has 2 heterocycles. The first kappa shape index (κ1) is 12.2. The van der Waals surface area contributed by atoms with Crippen LogP contribution in [0.5, 0.6) is 0 Å². The summed E-state index contributed by atoms with van der Waals surface area (Å²) >= 11 is 0. The molecule has 1 aromatic heterocycles. The van der Waals surface area contributed by atoms with E-state index in [1.165, 1.54) is 5.56 Å². The minimum Gasteiger partial charge on any atom is -0.354 e. The number of aryl methyl sites for hydroxylation is 1. The quantitative estimate of drug-likeness (QED) is 0.834. The highest BCUT2D eigenvalue weighted by Crippen LogP contribution is 2.28. The predicted octanol–water partition coefficient (Wildman–Crippen LogP) is 2.50. The number of nitrogens with one attached hydrogen (secondary N) is 1. The number of amides is 1. The van der Waals surface area contributed by atoms with Gasteiger partial charge in [0.2, 0.25) is 5.91 Å². The molecule has 1 aromatic rings. The van der Waals surface area contributed by atoms with Crippen LogP contribution in [0.1, 0.15) is 45.1 Å². The summed E-state index contributed by atoms with van der Waals surface area (Å²) in [5, 5.41) is 3.16. The maximum Gasteiger partial charge on any atom is 0.220 e. The molecule has 3 heteroatoms. The lowest BCUT2D eigenvalue weighted by Gasteiger charge is -2.27. The molecule has 0 bridgehead atoms. The van der Waals surface area contributed by atoms with E-state index in [1.807, 2.05) is 0 Å². The summed E-state index contributed by atoms with van der Waals surface area (Å²) in [6.45, 7) is 5.42. The van der Waals surface area contributed by atoms with Gasteiger partial charge in [-0.25, -0.2) is 0 Å². The van der Waals surface area contributed by atoms with E-state index in [1.54, 1.807) is 0 Å². The number of carbonyl (C=O) groups is 1. The van der Waals surface area contributed by atoms with E-state index in [0.29, 0.717) is 6.42 Å². The summed E-state index contributed by atoms with van der Waals surface area (Å²) in [6.07, 6.45) is 9.14. The molecule has 1 atom stereocenters. The normalized spacial score (nSPS) is 24.0. The molecular weight excluding hydrogens is 212 g/mol. The number of hydrogen-bond acceptors (Lipinski definition) is 1. The van der Waals surface area contributed by atoms with E-state index in [-0.39, 0.29) is 11.4 Å². The van der Waals surface area contributed by atoms with Crippen LogP contribution in [0.2, 0.25) is 0 Å². The van der Waals surface area contributed by atoms with E-state index in [0.717, 1.165) is 32.2 Å². The fraction of sp³-hybridized carbons (Fsp3) is 0.643. The van der Waals surface area contributed by atoms with Crippen LogP contribution in [0.4, 0.5) is 0 Å². The van der Waals surface area contributed by atoms with Gasteiger partial charge in [0, 0.05) is 30.9 Å². The van der Waals surface area contributed by atoms with Crippen molar-refractivity contribution in [3.05, 3.63) is 24.0 Å². The summed E-state index contributed by atoms with van der Waals surface area (Å²) in [5.74, 6) is 0.208. The number of hydrogen-bond donors (Lipinski definition) is 1. The van der Waals surface area contributed by atoms with Crippen molar-refractivity contribution >= 4 is 5.91 Å². The summed E-state index contributed by atoms with van der Waals surface area (Å²) in [4.78, 5) is 11.4. The van der Waals surface area contributed by atoms with Gasteiger partial charge in [-0.1, -0.05) is 13.8 Å². The van der Waals surface area contributed by atoms with Gasteiger partial charge in [-0.15, -0.1) is 0 Å². The van der Waals surface area contributed by atoms with Crippen LogP contribution < -0.4 is 5.32 Å². The molecule has 0 radical (unpaired) electrons. The maximum absolute atomic E-state index is 11.4. The van der Waals surface area contributed by atoms with Crippen LogP contribution in [0.25, 0.3) is 0 Å². The fourth-order valence-corrected chi connectivity index (χ4v) is 2.68. The van der Waals surface area contributed by atoms with Crippen LogP contribution in [-0.2, 0) is 17.8 Å². The summed E-state index contributed by atoms with van der Waals surface area (Å²) in [5.41, 5.74) is 1.35. The van der Waals surface area contributed by atoms with Crippen molar-refractivity contribution in [2.24, 2.45) is 0 Å². The van der Waals surface area contributed by atoms with E-state index < -0.39 is 0 Å². The van der Waals surface area contributed by atoms with Crippen LogP contribution in [0.3, 0.4) is 0 Å². The maximum atomic E-state index is 11.4. The van der Waals surface area contributed by atoms with E-state index in [4.69, 9.17) is 0 Å². The van der Waals surface area contributed by atoms with Crippen LogP contribution >= 0.6 is 0 Å². The minimum atomic E-state index is 0.00941. The number of carbonyl (C=O) groups excluding carboxylic acids is 1. The molecule has 17 heavy (non-hydrogen) atoms. The van der Waals surface area contributed by atoms with Crippen molar-refractivity contribution in [3.63, 3.8) is 0 Å². The second kappa shape index (κ2) is 4.94. The standard InChI is InChI=1S/C14H22N2O/c1-3-8-16-9-6-12(11-16)10-14(4-2)7-5-13(17)15-14/h6,9,11H,3-5,7-8,10H2,1-2H3,(H,15,17). The Morgan fingerprint density at radius 1 is 1.47 bits per heavy atom. The number of nitrogens with zero attached hydrogens (tertiary/aromatic N) is 1. The molecule has 1 aliphatic heterocycles. The molecule has 1 fully saturated rings. The zero-order valence-corrected chi connectivity index (χ0v) is 10.8. The van der Waals surface area contributed by atoms with Gasteiger partial charge in [-0.2, -0.15) is 0 Å². The third-order valence-electron chi connectivity index (χ3n) is 3.75. The van der Waals surface area contributed by atoms with Crippen LogP contribution in [0.15, 0.2) is 18.5 Å². The first-order chi connectivity index (χ1) is 8.17. The Morgan fingerprint density at radius 2 is 2.29 bits per heavy atom. The fourth-order valence-electron chi connectivity index (χ4n) is 2.68. The van der Waals surface area contributed by atoms with Crippen LogP contribution in [0, 0.1) is 0 Å². The Kier molecular flexibility index (Phi) is 3.55. The molecule has 3 nitrogen and oxygen atoms in total. The van der Waals surface area contributed by atoms with Gasteiger partial charge in [0.05, 0.1) is 0 Å². The lowest BCUT2D eigenvalue weighted by Crippen LogP contribution is -2.42. The first-order valence-corrected chi connectivity index (χ1v) is 6.63. The smallest absolute Gasteiger partial charge is 0.220 e. The summed E-state index contributed by atoms with van der Waals surface area (Å²) in [7, 11) is 0. The van der Waals surface area contributed by atoms with Crippen molar-refractivity contribution in [3.8, 4) is 0 Å². The van der Waals surface area contributed by atoms with Gasteiger partial charge in [0.1, 0.15) is 0 Å². The lowest BCUT2D eigenvalue weighted by molar-refractivity contribution is -0.119. The minimum absolute atomic E-state index is 0.00941. The molecule has 1 aliphatic rings. The molecule has 0 aliphatic carbocycles. The number of aromatic nitrogens is 1. The Labute approximate surface area is 103 Å². The van der Waals surface area contributed by atoms with Gasteiger partial charge in [0.25, 0.3) is 0 Å². The first-order valence-electron chi connectivity index (χ1n) is 6.63. The second-order valence-electron chi connectivity index (χ2n) is 5.12. The Bertz CT molecular complexity index is 397. The van der Waals surface area contributed by atoms with Gasteiger partial charge >= 0.3 is 0 Å². The van der Waals surface area contributed by atoms with Crippen molar-refractivity contribution in [1.82, 2.24) is 9.88 Å². The molecule has 94 valence electrons. The van der Waals surface area contributed by atoms with E-state index in [2.05, 4.69) is 42.2 Å². The largest absolute Gasteiger partial charge is 0.354 e. The molecule has 1 unspecified atom stereocenters. The van der Waals surface area contributed by atoms with Crippen molar-refractivity contribution in [2.45, 2.75) is 58.0 Å². The highest BCUT2D eigenvalue weighted by molar-refractivity contribution is 5.79. The zero-order valence-electron chi connectivity index (χ0n) is 10.8. The average Bonchev–Trinajstić information content (AvgIpc) is 2.88. The van der Waals surface area contributed by atoms with Crippen molar-refractivity contribution < 1.29 is 4.79 Å². The van der Waals surface area contributed by atoms with Gasteiger partial charge in [-0.3, -0.25) is 4.79 Å². The molecule has 1 N–H and O–H groups in total. The molecule has 0 spiro atoms. The third kappa shape index (κ3) is 2.71. The van der Waals surface area contributed by atoms with E-state index >= 15 is 0 Å². The monoisotopic (exact) mass is 234 g/mol. The lowest BCUT2D eigenvalue weighted by atomic mass is 9.88. The molecule has 0 saturated carbocycles. The molecule has 1 saturated heterocycles. The summed E-state index contributed by atoms with van der Waals surface area (Å²) < 4.78 is 2.23. The van der Waals surface area contributed by atoms with Gasteiger partial charge in [0.15, 0.2) is 0 Å². The second-order valence-corrected chi connectivity index (χ2v) is 5.12. The highest BCUT2D eigenvalue weighted by Gasteiger charge is 2.35. The number of rotatable bonds is 5. The third-order valence-corrected chi connectivity index (χ3v) is 3.75. The van der Waals surface area contributed by atoms with Crippen molar-refractivity contribution in [1.29, 1.82) is 0 Å². The molecular formula is C14H22N2O. The molecule has 2 rings (SSSR count).